The molecule has 7 nitrogen and oxygen atoms in total. The summed E-state index contributed by atoms with van der Waals surface area (Å²) in [5.74, 6) is -1.04. The minimum atomic E-state index is -4.84. The summed E-state index contributed by atoms with van der Waals surface area (Å²) in [5, 5.41) is 5.17. The van der Waals surface area contributed by atoms with Crippen LogP contribution in [0.5, 0.6) is 5.75 Å². The number of aromatic nitrogens is 1. The summed E-state index contributed by atoms with van der Waals surface area (Å²) in [6.07, 6.45) is -3.77. The van der Waals surface area contributed by atoms with Gasteiger partial charge in [-0.05, 0) is 49.6 Å². The average Bonchev–Trinajstić information content (AvgIpc) is 3.30. The van der Waals surface area contributed by atoms with Crippen molar-refractivity contribution in [2.45, 2.75) is 36.9 Å². The number of aryl methyl sites for hydroxylation is 1. The molecule has 4 rings (SSSR count). The van der Waals surface area contributed by atoms with Gasteiger partial charge in [0.15, 0.2) is 0 Å². The van der Waals surface area contributed by atoms with E-state index in [1.807, 2.05) is 0 Å². The van der Waals surface area contributed by atoms with Crippen LogP contribution in [0.15, 0.2) is 52.7 Å². The van der Waals surface area contributed by atoms with E-state index in [0.29, 0.717) is 36.0 Å². The molecule has 3 aromatic rings. The Labute approximate surface area is 214 Å². The number of rotatable bonds is 6. The van der Waals surface area contributed by atoms with Crippen LogP contribution in [-0.4, -0.2) is 43.1 Å². The third-order valence-electron chi connectivity index (χ3n) is 5.66. The van der Waals surface area contributed by atoms with Crippen molar-refractivity contribution >= 4 is 44.6 Å². The molecule has 0 bridgehead atoms. The number of ether oxygens (including phenoxy) is 1. The quantitative estimate of drug-likeness (QED) is 0.411. The molecule has 0 saturated carbocycles. The summed E-state index contributed by atoms with van der Waals surface area (Å²) >= 11 is 7.38. The number of carbonyl (C=O) groups excluding carboxylic acids is 1. The van der Waals surface area contributed by atoms with Crippen LogP contribution in [0.3, 0.4) is 0 Å². The van der Waals surface area contributed by atoms with Gasteiger partial charge in [0.05, 0.1) is 9.90 Å². The van der Waals surface area contributed by atoms with Gasteiger partial charge >= 0.3 is 6.36 Å². The zero-order valence-electron chi connectivity index (χ0n) is 18.9. The highest BCUT2D eigenvalue weighted by molar-refractivity contribution is 7.89. The molecular formula is C23H21ClF3N3O4S2. The molecule has 0 atom stereocenters. The van der Waals surface area contributed by atoms with Gasteiger partial charge in [-0.2, -0.15) is 4.31 Å². The molecule has 1 fully saturated rings. The van der Waals surface area contributed by atoms with E-state index in [1.165, 1.54) is 33.8 Å². The molecule has 13 heteroatoms. The maximum Gasteiger partial charge on any atom is 0.573 e. The van der Waals surface area contributed by atoms with Crippen molar-refractivity contribution in [3.05, 3.63) is 69.1 Å². The first-order chi connectivity index (χ1) is 16.9. The van der Waals surface area contributed by atoms with Crippen molar-refractivity contribution in [2.75, 3.05) is 18.4 Å². The highest BCUT2D eigenvalue weighted by Crippen LogP contribution is 2.33. The number of amides is 1. The third-order valence-corrected chi connectivity index (χ3v) is 8.97. The van der Waals surface area contributed by atoms with Crippen molar-refractivity contribution < 1.29 is 31.1 Å². The number of piperidine rings is 1. The lowest BCUT2D eigenvalue weighted by Gasteiger charge is -2.30. The largest absolute Gasteiger partial charge is 0.573 e. The molecule has 0 unspecified atom stereocenters. The van der Waals surface area contributed by atoms with Gasteiger partial charge in [-0.25, -0.2) is 13.4 Å². The van der Waals surface area contributed by atoms with E-state index >= 15 is 0 Å². The zero-order chi connectivity index (χ0) is 26.1. The lowest BCUT2D eigenvalue weighted by molar-refractivity contribution is -0.274. The molecule has 1 aromatic heterocycles. The van der Waals surface area contributed by atoms with Crippen LogP contribution >= 0.6 is 22.9 Å². The number of hydrogen-bond donors (Lipinski definition) is 1. The van der Waals surface area contributed by atoms with Crippen LogP contribution in [0, 0.1) is 6.92 Å². The van der Waals surface area contributed by atoms with Gasteiger partial charge in [0, 0.05) is 41.2 Å². The molecule has 0 spiro atoms. The van der Waals surface area contributed by atoms with Gasteiger partial charge in [-0.15, -0.1) is 24.5 Å². The van der Waals surface area contributed by atoms with Gasteiger partial charge in [0.1, 0.15) is 11.4 Å². The Morgan fingerprint density at radius 2 is 1.92 bits per heavy atom. The average molecular weight is 560 g/mol. The number of carbonyl (C=O) groups is 1. The number of halogens is 4. The van der Waals surface area contributed by atoms with Crippen molar-refractivity contribution in [3.8, 4) is 5.75 Å². The number of nitrogens with zero attached hydrogens (tertiary/aromatic N) is 2. The highest BCUT2D eigenvalue weighted by atomic mass is 35.5. The topological polar surface area (TPSA) is 88.6 Å². The molecule has 1 aliphatic rings. The van der Waals surface area contributed by atoms with Crippen molar-refractivity contribution in [2.24, 2.45) is 0 Å². The summed E-state index contributed by atoms with van der Waals surface area (Å²) < 4.78 is 68.5. The van der Waals surface area contributed by atoms with Crippen molar-refractivity contribution in [3.63, 3.8) is 0 Å². The second kappa shape index (κ2) is 10.4. The Hall–Kier alpha value is -2.67. The number of anilines is 1. The first kappa shape index (κ1) is 26.4. The number of sulfonamides is 1. The molecule has 0 aliphatic carbocycles. The standard InChI is InChI=1S/C23H21ClF3N3O4S2/c1-14-5-6-18(12-19(14)24)36(32,33)30-9-7-15(8-10-30)22-29-20(13-35-22)21(31)28-16-3-2-4-17(11-16)34-23(25,26)27/h2-6,11-13,15H,7-10H2,1H3,(H,28,31). The second-order valence-electron chi connectivity index (χ2n) is 8.19. The van der Waals surface area contributed by atoms with Crippen LogP contribution in [0.2, 0.25) is 5.02 Å². The van der Waals surface area contributed by atoms with E-state index in [0.717, 1.165) is 17.7 Å². The predicted molar refractivity (Wildman–Crippen MR) is 130 cm³/mol. The number of alkyl halides is 3. The zero-order valence-corrected chi connectivity index (χ0v) is 21.3. The fourth-order valence-corrected chi connectivity index (χ4v) is 6.48. The van der Waals surface area contributed by atoms with E-state index in [-0.39, 0.29) is 22.2 Å². The molecule has 1 saturated heterocycles. The first-order valence-corrected chi connectivity index (χ1v) is 13.5. The number of thiazole rings is 1. The molecular weight excluding hydrogens is 539 g/mol. The first-order valence-electron chi connectivity index (χ1n) is 10.8. The molecule has 36 heavy (non-hydrogen) atoms. The number of hydrogen-bond acceptors (Lipinski definition) is 6. The summed E-state index contributed by atoms with van der Waals surface area (Å²) in [7, 11) is -3.68. The maximum absolute atomic E-state index is 13.0. The summed E-state index contributed by atoms with van der Waals surface area (Å²) in [6.45, 7) is 2.39. The maximum atomic E-state index is 13.0. The molecule has 2 heterocycles. The summed E-state index contributed by atoms with van der Waals surface area (Å²) in [5.41, 5.74) is 1.05. The Balaban J connectivity index is 1.37. The molecule has 1 aliphatic heterocycles. The van der Waals surface area contributed by atoms with Crippen molar-refractivity contribution in [1.29, 1.82) is 0 Å². The molecule has 0 radical (unpaired) electrons. The van der Waals surface area contributed by atoms with Gasteiger partial charge < -0.3 is 10.1 Å². The molecule has 1 amide bonds. The van der Waals surface area contributed by atoms with Crippen LogP contribution in [0.4, 0.5) is 18.9 Å². The monoisotopic (exact) mass is 559 g/mol. The van der Waals surface area contributed by atoms with E-state index in [4.69, 9.17) is 11.6 Å². The van der Waals surface area contributed by atoms with E-state index in [2.05, 4.69) is 15.0 Å². The molecule has 1 N–H and O–H groups in total. The summed E-state index contributed by atoms with van der Waals surface area (Å²) in [4.78, 5) is 17.1. The number of benzene rings is 2. The Kier molecular flexibility index (Phi) is 7.60. The van der Waals surface area contributed by atoms with Gasteiger partial charge in [0.25, 0.3) is 5.91 Å². The lowest BCUT2D eigenvalue weighted by atomic mass is 9.99. The van der Waals surface area contributed by atoms with Crippen LogP contribution in [-0.2, 0) is 10.0 Å². The van der Waals surface area contributed by atoms with E-state index in [1.54, 1.807) is 24.4 Å². The second-order valence-corrected chi connectivity index (χ2v) is 11.4. The highest BCUT2D eigenvalue weighted by Gasteiger charge is 2.32. The Bertz CT molecular complexity index is 1370. The van der Waals surface area contributed by atoms with Crippen LogP contribution < -0.4 is 10.1 Å². The van der Waals surface area contributed by atoms with Gasteiger partial charge in [0.2, 0.25) is 10.0 Å². The molecule has 2 aromatic carbocycles. The van der Waals surface area contributed by atoms with Crippen molar-refractivity contribution in [1.82, 2.24) is 9.29 Å². The Morgan fingerprint density at radius 1 is 1.19 bits per heavy atom. The lowest BCUT2D eigenvalue weighted by Crippen LogP contribution is -2.37. The minimum absolute atomic E-state index is 0.0203. The van der Waals surface area contributed by atoms with E-state index < -0.39 is 28.0 Å². The van der Waals surface area contributed by atoms with E-state index in [9.17, 15) is 26.4 Å². The van der Waals surface area contributed by atoms with Crippen LogP contribution in [0.1, 0.15) is 39.8 Å². The number of nitrogens with one attached hydrogen (secondary N) is 1. The van der Waals surface area contributed by atoms with Gasteiger partial charge in [-0.3, -0.25) is 4.79 Å². The fourth-order valence-electron chi connectivity index (χ4n) is 3.77. The normalized spacial score (nSPS) is 15.6. The summed E-state index contributed by atoms with van der Waals surface area (Å²) in [6, 6.07) is 9.62. The smallest absolute Gasteiger partial charge is 0.406 e. The van der Waals surface area contributed by atoms with Crippen LogP contribution in [0.25, 0.3) is 0 Å². The SMILES string of the molecule is Cc1ccc(S(=O)(=O)N2CCC(c3nc(C(=O)Nc4cccc(OC(F)(F)F)c4)cs3)CC2)cc1Cl. The fraction of sp³-hybridized carbons (Fsp3) is 0.304. The van der Waals surface area contributed by atoms with Gasteiger partial charge in [-0.1, -0.05) is 23.7 Å². The Morgan fingerprint density at radius 3 is 2.58 bits per heavy atom. The third kappa shape index (κ3) is 6.17. The minimum Gasteiger partial charge on any atom is -0.406 e. The predicted octanol–water partition coefficient (Wildman–Crippen LogP) is 5.82. The molecule has 192 valence electrons.